The monoisotopic (exact) mass is 1140 g/mol. The first-order valence-electron chi connectivity index (χ1n) is 29.6. The highest BCUT2D eigenvalue weighted by Gasteiger charge is 2.40. The summed E-state index contributed by atoms with van der Waals surface area (Å²) in [4.78, 5) is 0. The maximum Gasteiger partial charge on any atom is 0.140 e. The van der Waals surface area contributed by atoms with E-state index in [0.29, 0.717) is 78.3 Å². The molecule has 14 rings (SSSR count). The molecule has 0 spiro atoms. The molecule has 0 bridgehead atoms. The topological polar surface area (TPSA) is 99.4 Å². The molecule has 6 nitrogen and oxygen atoms in total. The van der Waals surface area contributed by atoms with Crippen molar-refractivity contribution in [1.82, 2.24) is 0 Å². The molecule has 0 heterocycles. The molecule has 0 aromatic heterocycles. The summed E-state index contributed by atoms with van der Waals surface area (Å²) in [7, 11) is 3.36. The van der Waals surface area contributed by atoms with Crippen molar-refractivity contribution in [3.63, 3.8) is 0 Å². The minimum atomic E-state index is -1.64. The van der Waals surface area contributed by atoms with Gasteiger partial charge in [0.05, 0.1) is 14.2 Å². The second-order valence-electron chi connectivity index (χ2n) is 22.6. The molecule has 14 aromatic carbocycles. The van der Waals surface area contributed by atoms with E-state index in [1.807, 2.05) is 279 Å². The number of aliphatic hydroxyl groups is 4. The van der Waals surface area contributed by atoms with E-state index in [1.165, 1.54) is 0 Å². The van der Waals surface area contributed by atoms with Crippen molar-refractivity contribution in [2.24, 2.45) is 0 Å². The van der Waals surface area contributed by atoms with E-state index in [0.717, 1.165) is 54.2 Å². The fourth-order valence-corrected chi connectivity index (χ4v) is 13.7. The minimum absolute atomic E-state index is 0.567. The lowest BCUT2D eigenvalue weighted by molar-refractivity contribution is 0.125. The number of rotatable bonds is 15. The van der Waals surface area contributed by atoms with Crippen LogP contribution >= 0.6 is 0 Å². The average molecular weight is 1140 g/mol. The van der Waals surface area contributed by atoms with Crippen LogP contribution < -0.4 is 9.47 Å². The normalized spacial score (nSPS) is 12.2. The van der Waals surface area contributed by atoms with Gasteiger partial charge in [-0.3, -0.25) is 0 Å². The summed E-state index contributed by atoms with van der Waals surface area (Å²) in [5.41, 5.74) is 3.04. The third-order valence-corrected chi connectivity index (χ3v) is 18.0. The molecule has 6 heteroatoms. The fourth-order valence-electron chi connectivity index (χ4n) is 13.7. The minimum Gasteiger partial charge on any atom is -0.495 e. The molecule has 0 radical (unpaired) electrons. The molecule has 0 amide bonds. The van der Waals surface area contributed by atoms with Crippen molar-refractivity contribution in [2.45, 2.75) is 22.4 Å². The molecule has 0 saturated carbocycles. The second-order valence-corrected chi connectivity index (χ2v) is 22.6. The van der Waals surface area contributed by atoms with E-state index >= 15 is 0 Å². The number of hydrogen-bond acceptors (Lipinski definition) is 6. The van der Waals surface area contributed by atoms with Crippen molar-refractivity contribution >= 4 is 43.1 Å². The van der Waals surface area contributed by atoms with E-state index in [-0.39, 0.29) is 0 Å². The SMILES string of the molecule is COc1c2cc(C(O)(c3ccccc3)c3ccccc3)ccc2c(-c2c3ccc(C(O)(c4ccccc4)c4ccccc4)cc3c(OC)c3ccc(C(O)(c4ccccc4)c4ccccc4)cc23)c2cc(C(O)(c3ccccc3)c3ccccc3)ccc12. The van der Waals surface area contributed by atoms with Gasteiger partial charge in [-0.2, -0.15) is 0 Å². The Morgan fingerprint density at radius 1 is 0.193 bits per heavy atom. The second kappa shape index (κ2) is 22.4. The van der Waals surface area contributed by atoms with Crippen molar-refractivity contribution in [3.05, 3.63) is 382 Å². The molecule has 0 aliphatic rings. The molecule has 0 saturated heterocycles. The van der Waals surface area contributed by atoms with Gasteiger partial charge in [0.1, 0.15) is 33.9 Å². The molecular formula is C82H62O6. The van der Waals surface area contributed by atoms with Crippen LogP contribution in [0.5, 0.6) is 11.5 Å². The Labute approximate surface area is 511 Å². The molecule has 426 valence electrons. The van der Waals surface area contributed by atoms with Crippen LogP contribution in [0, 0.1) is 0 Å². The smallest absolute Gasteiger partial charge is 0.140 e. The van der Waals surface area contributed by atoms with Crippen LogP contribution in [0.25, 0.3) is 54.2 Å². The van der Waals surface area contributed by atoms with Gasteiger partial charge in [-0.15, -0.1) is 0 Å². The lowest BCUT2D eigenvalue weighted by Gasteiger charge is -2.32. The maximum atomic E-state index is 13.8. The zero-order valence-corrected chi connectivity index (χ0v) is 48.6. The molecule has 0 aliphatic carbocycles. The predicted octanol–water partition coefficient (Wildman–Crippen LogP) is 17.1. The van der Waals surface area contributed by atoms with Crippen molar-refractivity contribution in [1.29, 1.82) is 0 Å². The Morgan fingerprint density at radius 3 is 0.568 bits per heavy atom. The fraction of sp³-hybridized carbons (Fsp3) is 0.0732. The third kappa shape index (κ3) is 8.87. The van der Waals surface area contributed by atoms with E-state index < -0.39 is 22.4 Å². The zero-order chi connectivity index (χ0) is 60.0. The van der Waals surface area contributed by atoms with Gasteiger partial charge in [0, 0.05) is 21.5 Å². The van der Waals surface area contributed by atoms with Gasteiger partial charge in [-0.1, -0.05) is 291 Å². The Kier molecular flexibility index (Phi) is 14.1. The van der Waals surface area contributed by atoms with E-state index in [1.54, 1.807) is 14.2 Å². The number of hydrogen-bond donors (Lipinski definition) is 4. The number of fused-ring (bicyclic) bond motifs is 4. The number of benzene rings is 14. The van der Waals surface area contributed by atoms with Crippen molar-refractivity contribution in [2.75, 3.05) is 14.2 Å². The lowest BCUT2D eigenvalue weighted by atomic mass is 9.76. The van der Waals surface area contributed by atoms with Crippen molar-refractivity contribution in [3.8, 4) is 22.6 Å². The van der Waals surface area contributed by atoms with E-state index in [9.17, 15) is 20.4 Å². The molecule has 0 fully saturated rings. The highest BCUT2D eigenvalue weighted by atomic mass is 16.5. The average Bonchev–Trinajstić information content (AvgIpc) is 0.874. The van der Waals surface area contributed by atoms with Gasteiger partial charge < -0.3 is 29.9 Å². The third-order valence-electron chi connectivity index (χ3n) is 18.0. The first kappa shape index (κ1) is 55.4. The van der Waals surface area contributed by atoms with Gasteiger partial charge in [-0.25, -0.2) is 0 Å². The summed E-state index contributed by atoms with van der Waals surface area (Å²) in [5, 5.41) is 60.6. The molecule has 0 aliphatic heterocycles. The van der Waals surface area contributed by atoms with Crippen LogP contribution in [0.2, 0.25) is 0 Å². The molecule has 88 heavy (non-hydrogen) atoms. The van der Waals surface area contributed by atoms with Crippen LogP contribution in [-0.2, 0) is 22.4 Å². The van der Waals surface area contributed by atoms with Gasteiger partial charge in [0.2, 0.25) is 0 Å². The summed E-state index contributed by atoms with van der Waals surface area (Å²) < 4.78 is 13.4. The van der Waals surface area contributed by atoms with Crippen LogP contribution in [0.15, 0.2) is 315 Å². The predicted molar refractivity (Wildman–Crippen MR) is 355 cm³/mol. The maximum absolute atomic E-state index is 13.8. The zero-order valence-electron chi connectivity index (χ0n) is 48.6. The Bertz CT molecular complexity index is 4360. The van der Waals surface area contributed by atoms with E-state index in [4.69, 9.17) is 9.47 Å². The van der Waals surface area contributed by atoms with Crippen molar-refractivity contribution < 1.29 is 29.9 Å². The number of ether oxygens (including phenoxy) is 2. The standard InChI is InChI=1S/C82H62O6/c1-87-77-69-49-45-63(79(83,55-27-11-3-12-28-55)56-29-13-4-14-30-56)51-71(69)75(67-47-43-65(53-73(67)77)81(85,59-35-19-7-20-36-59)60-37-21-8-22-38-60)76-68-48-44-66(82(86,61-39-23-9-24-40-61)62-41-25-10-26-42-62)54-74(68)78(88-2)70-50-46-64(52-72(70)76)80(84,57-31-15-5-16-32-57)58-33-17-6-18-34-58/h3-54,83-86H,1-2H3. The quantitative estimate of drug-likeness (QED) is 0.0603. The van der Waals surface area contributed by atoms with Crippen LogP contribution in [0.1, 0.15) is 66.8 Å². The Hall–Kier alpha value is -10.4. The molecule has 4 N–H and O–H groups in total. The first-order chi connectivity index (χ1) is 43.1. The highest BCUT2D eigenvalue weighted by Crippen LogP contribution is 2.54. The first-order valence-corrected chi connectivity index (χ1v) is 29.6. The largest absolute Gasteiger partial charge is 0.495 e. The summed E-state index contributed by atoms with van der Waals surface area (Å²) in [6, 6.07) is 102. The Morgan fingerprint density at radius 2 is 0.375 bits per heavy atom. The number of methoxy groups -OCH3 is 2. The van der Waals surface area contributed by atoms with Crippen LogP contribution in [0.4, 0.5) is 0 Å². The lowest BCUT2D eigenvalue weighted by Crippen LogP contribution is -2.29. The van der Waals surface area contributed by atoms with Gasteiger partial charge in [-0.05, 0) is 124 Å². The molecule has 14 aromatic rings. The summed E-state index contributed by atoms with van der Waals surface area (Å²) in [6.07, 6.45) is 0. The summed E-state index contributed by atoms with van der Waals surface area (Å²) in [6.45, 7) is 0. The summed E-state index contributed by atoms with van der Waals surface area (Å²) >= 11 is 0. The molecular weight excluding hydrogens is 1080 g/mol. The van der Waals surface area contributed by atoms with Crippen LogP contribution in [0.3, 0.4) is 0 Å². The van der Waals surface area contributed by atoms with Crippen LogP contribution in [-0.4, -0.2) is 34.6 Å². The summed E-state index contributed by atoms with van der Waals surface area (Å²) in [5.74, 6) is 1.13. The van der Waals surface area contributed by atoms with Gasteiger partial charge in [0.15, 0.2) is 0 Å². The highest BCUT2D eigenvalue weighted by molar-refractivity contribution is 6.27. The van der Waals surface area contributed by atoms with Gasteiger partial charge >= 0.3 is 0 Å². The van der Waals surface area contributed by atoms with Gasteiger partial charge in [0.25, 0.3) is 0 Å². The molecule has 0 unspecified atom stereocenters. The molecule has 0 atom stereocenters. The Balaban J connectivity index is 1.18. The van der Waals surface area contributed by atoms with E-state index in [2.05, 4.69) is 36.4 Å².